The number of fused-ring (bicyclic) bond motifs is 6. The van der Waals surface area contributed by atoms with Crippen molar-refractivity contribution >= 4 is 262 Å². The van der Waals surface area contributed by atoms with E-state index in [0.29, 0.717) is 62.6 Å². The second-order valence-corrected chi connectivity index (χ2v) is 34.1. The molecule has 0 bridgehead atoms. The van der Waals surface area contributed by atoms with Crippen molar-refractivity contribution in [3.05, 3.63) is 307 Å². The number of allylic oxidation sites excluding steroid dienone is 1. The fourth-order valence-corrected chi connectivity index (χ4v) is 11.1. The van der Waals surface area contributed by atoms with Crippen LogP contribution in [0, 0.1) is 49.0 Å². The van der Waals surface area contributed by atoms with E-state index in [-0.39, 0.29) is 58.5 Å². The van der Waals surface area contributed by atoms with Crippen molar-refractivity contribution in [1.29, 1.82) is 10.5 Å². The van der Waals surface area contributed by atoms with Crippen molar-refractivity contribution in [3.63, 3.8) is 0 Å². The Morgan fingerprint density at radius 3 is 1.54 bits per heavy atom. The van der Waals surface area contributed by atoms with E-state index >= 15 is 0 Å². The number of hydrogen-bond donors (Lipinski definition) is 4. The van der Waals surface area contributed by atoms with E-state index < -0.39 is 17.1 Å². The van der Waals surface area contributed by atoms with Gasteiger partial charge in [0.15, 0.2) is 22.2 Å². The standard InChI is InChI=1S/C17H10N4O.C13H12BrNO2.C10H4BrClN2.C10H5BrN2O.C10H5BrN2.C8H11NO3.C7H5BN2O.C6H6BrN.Cl3OP.2H2O/c1-19-13-7-12-6-10(2-4-14(12)20-9-13)11-3-5-16-15(8-11)21-17(18)22-16;1-2-17-13(16)11(9-15)6-3-10-4-7-12(14)8-5-10;1-13-9-5-14-8-3-2-6(11)4-7(8)10(9)12;1-12-9-5-13-8-3-2-6(11)4-7(8)10(9)14;1-12-9-5-7-4-8(11)2-3-10(7)13-6-9;1-3-11-6-7(5-9)8(10)12-4-2;8-4-1-2-6-5(3-4)10-7(9)11-6;7-5-1-3-6(8)4-2-5;1-5(2,3)4;;/h2-9H,(H2,18,21);4-8H,2-3H2,1H3;2-5H;2-5H,(H,13,14);2-6H;6H,3-4H2,1-2H3;1-3H,(H2,9,10);1-4H,8H2;;2*1H2/b;11-6+;;;;7-6-;;;;;. The topological polar surface area (TPSA) is 409 Å². The molecule has 0 saturated heterocycles. The second-order valence-electron chi connectivity index (χ2n) is 22.5. The van der Waals surface area contributed by atoms with Crippen LogP contribution in [0.3, 0.4) is 0 Å². The summed E-state index contributed by atoms with van der Waals surface area (Å²) in [6, 6.07) is 56.4. The molecule has 118 heavy (non-hydrogen) atoms. The van der Waals surface area contributed by atoms with Crippen molar-refractivity contribution in [3.8, 4) is 23.3 Å². The summed E-state index contributed by atoms with van der Waals surface area (Å²) in [7, 11) is 5.51. The van der Waals surface area contributed by atoms with Crippen LogP contribution >= 0.6 is 130 Å². The Morgan fingerprint density at radius 2 is 1.02 bits per heavy atom. The highest BCUT2D eigenvalue weighted by molar-refractivity contribution is 9.11. The average molecular weight is 2000 g/mol. The van der Waals surface area contributed by atoms with E-state index in [1.807, 2.05) is 146 Å². The molecule has 14 rings (SSSR count). The minimum Gasteiger partial charge on any atom is -0.500 e. The first-order valence-corrected chi connectivity index (χ1v) is 41.9. The number of nitrogen functional groups attached to an aromatic ring is 3. The quantitative estimate of drug-likeness (QED) is 0.0152. The predicted molar refractivity (Wildman–Crippen MR) is 485 cm³/mol. The molecule has 11 N–H and O–H groups in total. The first kappa shape index (κ1) is 98.8. The maximum atomic E-state index is 11.7. The molecule has 598 valence electrons. The second kappa shape index (κ2) is 50.2. The third kappa shape index (κ3) is 32.5. The van der Waals surface area contributed by atoms with Crippen molar-refractivity contribution in [2.75, 3.05) is 37.0 Å². The molecule has 0 spiro atoms. The summed E-state index contributed by atoms with van der Waals surface area (Å²) in [5.74, 6) is -1.21. The van der Waals surface area contributed by atoms with Gasteiger partial charge in [-0.15, -0.1) is 0 Å². The molecule has 26 nitrogen and oxygen atoms in total. The number of hydrogen-bond acceptors (Lipinski definition) is 19. The van der Waals surface area contributed by atoms with Gasteiger partial charge >= 0.3 is 17.1 Å². The Kier molecular flexibility index (Phi) is 42.0. The van der Waals surface area contributed by atoms with Crippen molar-refractivity contribution in [2.24, 2.45) is 0 Å². The number of pyridine rings is 4. The monoisotopic (exact) mass is 2000 g/mol. The van der Waals surface area contributed by atoms with Gasteiger partial charge in [0, 0.05) is 69.1 Å². The van der Waals surface area contributed by atoms with Crippen LogP contribution < -0.4 is 28.1 Å². The van der Waals surface area contributed by atoms with Crippen LogP contribution in [0.5, 0.6) is 0 Å². The number of nitrogens with two attached hydrogens (primary N) is 3. The Morgan fingerprint density at radius 1 is 0.559 bits per heavy atom. The van der Waals surface area contributed by atoms with E-state index in [4.69, 9.17) is 91.8 Å². The molecule has 0 unspecified atom stereocenters. The van der Waals surface area contributed by atoms with Gasteiger partial charge in [0.05, 0.1) is 67.7 Å². The van der Waals surface area contributed by atoms with E-state index in [0.717, 1.165) is 94.7 Å². The largest absolute Gasteiger partial charge is 0.500 e. The minimum atomic E-state index is -3.22. The van der Waals surface area contributed by atoms with Crippen molar-refractivity contribution < 1.29 is 48.2 Å². The number of halogens is 9. The number of nitriles is 2. The smallest absolute Gasteiger partial charge is 0.352 e. The average Bonchev–Trinajstić information content (AvgIpc) is 1.34. The highest BCUT2D eigenvalue weighted by Crippen LogP contribution is 2.61. The highest BCUT2D eigenvalue weighted by Gasteiger charge is 2.13. The Balaban J connectivity index is 0.000000284. The number of aromatic amines is 1. The van der Waals surface area contributed by atoms with Crippen LogP contribution in [0.4, 0.5) is 40.5 Å². The van der Waals surface area contributed by atoms with Crippen molar-refractivity contribution in [2.45, 2.75) is 27.2 Å². The lowest BCUT2D eigenvalue weighted by Gasteiger charge is -2.04. The lowest BCUT2D eigenvalue weighted by atomic mass is 9.96. The van der Waals surface area contributed by atoms with E-state index in [9.17, 15) is 18.9 Å². The number of carbonyl (C=O) groups excluding carboxylic acids is 2. The third-order valence-corrected chi connectivity index (χ3v) is 17.4. The number of anilines is 3. The highest BCUT2D eigenvalue weighted by atomic mass is 79.9. The number of aromatic nitrogens is 6. The zero-order valence-electron chi connectivity index (χ0n) is 61.7. The molecule has 8 aromatic carbocycles. The third-order valence-electron chi connectivity index (χ3n) is 14.5. The van der Waals surface area contributed by atoms with Gasteiger partial charge in [-0.3, -0.25) is 19.5 Å². The molecule has 14 aromatic rings. The number of ether oxygens (including phenoxy) is 3. The predicted octanol–water partition coefficient (Wildman–Crippen LogP) is 22.2. The molecule has 6 heterocycles. The van der Waals surface area contributed by atoms with Gasteiger partial charge in [-0.1, -0.05) is 133 Å². The first-order chi connectivity index (χ1) is 55.4. The summed E-state index contributed by atoms with van der Waals surface area (Å²) < 4.78 is 38.8. The number of nitrogens with zero attached hydrogens (tertiary/aromatic N) is 11. The summed E-state index contributed by atoms with van der Waals surface area (Å²) in [4.78, 5) is 70.6. The molecular formula is C81H62BBr5Cl4N15O11P. The van der Waals surface area contributed by atoms with Gasteiger partial charge in [0.25, 0.3) is 12.0 Å². The number of oxazole rings is 2. The zero-order valence-corrected chi connectivity index (χ0v) is 73.6. The summed E-state index contributed by atoms with van der Waals surface area (Å²) >= 11 is 36.5. The number of rotatable bonds is 9. The number of nitrogens with one attached hydrogen (secondary N) is 1. The first-order valence-electron chi connectivity index (χ1n) is 33.1. The van der Waals surface area contributed by atoms with Gasteiger partial charge in [-0.05, 0) is 228 Å². The van der Waals surface area contributed by atoms with E-state index in [2.05, 4.69) is 167 Å². The molecule has 0 fully saturated rings. The normalized spacial score (nSPS) is 10.2. The molecule has 0 aliphatic carbocycles. The molecule has 0 aliphatic heterocycles. The van der Waals surface area contributed by atoms with Crippen LogP contribution in [0.1, 0.15) is 26.3 Å². The van der Waals surface area contributed by atoms with Crippen LogP contribution in [-0.4, -0.2) is 80.5 Å². The zero-order chi connectivity index (χ0) is 85.0. The maximum Gasteiger partial charge on any atom is 0.352 e. The molecule has 37 heteroatoms. The minimum absolute atomic E-state index is 0. The molecule has 0 saturated carbocycles. The van der Waals surface area contributed by atoms with E-state index in [1.165, 1.54) is 12.4 Å². The van der Waals surface area contributed by atoms with Crippen LogP contribution in [0.15, 0.2) is 254 Å². The summed E-state index contributed by atoms with van der Waals surface area (Å²) in [6.45, 7) is 33.7. The van der Waals surface area contributed by atoms with Gasteiger partial charge in [-0.25, -0.2) is 29.0 Å². The Hall–Kier alpha value is -11.5. The van der Waals surface area contributed by atoms with Gasteiger partial charge in [0.2, 0.25) is 22.7 Å². The Labute approximate surface area is 738 Å². The lowest BCUT2D eigenvalue weighted by Crippen LogP contribution is -2.06. The maximum absolute atomic E-state index is 11.7. The van der Waals surface area contributed by atoms with Crippen LogP contribution in [-0.2, 0) is 34.8 Å². The molecule has 2 radical (unpaired) electrons. The van der Waals surface area contributed by atoms with Gasteiger partial charge in [-0.2, -0.15) is 20.5 Å². The summed E-state index contributed by atoms with van der Waals surface area (Å²) in [5, 5.41) is 17.8. The number of benzene rings is 8. The van der Waals surface area contributed by atoms with Crippen molar-refractivity contribution in [1.82, 2.24) is 29.9 Å². The van der Waals surface area contributed by atoms with Gasteiger partial charge in [0.1, 0.15) is 42.9 Å². The summed E-state index contributed by atoms with van der Waals surface area (Å²) in [5.41, 5.74) is 28.2. The fourth-order valence-electron chi connectivity index (χ4n) is 9.24. The molecule has 0 amide bonds. The molecule has 0 aliphatic rings. The Bertz CT molecular complexity index is 6280. The lowest BCUT2D eigenvalue weighted by molar-refractivity contribution is -0.139. The SMILES string of the molecule is CCO/C=C(/C#N)C(=O)OCC.CCOC(=O)/C(C#N)=C/Cc1ccc(Br)cc1.Nc1ccc(Br)cc1.O.O.O=P(Cl)(Cl)Cl.[B]c1ccc2oc(N)nc2c1.[C-]#[N+]c1c[nH]c2ccc(Br)cc2c1=O.[C-]#[N+]c1cnc2ccc(-c3ccc4oc(N)nc4c3)cc2c1.[C-]#[N+]c1cnc2ccc(Br)cc2c1.[C-]#[N+]c1cnc2ccc(Br)cc2c1Cl. The van der Waals surface area contributed by atoms with Crippen LogP contribution in [0.2, 0.25) is 5.02 Å². The number of carbonyl (C=O) groups is 2. The number of esters is 2. The van der Waals surface area contributed by atoms with Crippen LogP contribution in [0.25, 0.3) is 96.3 Å². The fraction of sp³-hybridized carbons (Fsp3) is 0.0864. The molecule has 6 aromatic heterocycles. The molecule has 0 atom stereocenters. The van der Waals surface area contributed by atoms with E-state index in [1.54, 1.807) is 75.6 Å². The number of H-pyrrole nitrogens is 1. The van der Waals surface area contributed by atoms with Gasteiger partial charge < -0.3 is 61.0 Å². The summed E-state index contributed by atoms with van der Waals surface area (Å²) in [6.07, 6.45) is 9.33. The molecular weight excluding hydrogens is 1940 g/mol.